The van der Waals surface area contributed by atoms with E-state index in [1.165, 1.54) is 12.1 Å². The predicted molar refractivity (Wildman–Crippen MR) is 123 cm³/mol. The monoisotopic (exact) mass is 493 g/mol. The van der Waals surface area contributed by atoms with Gasteiger partial charge in [-0.25, -0.2) is 4.68 Å². The molecule has 2 heterocycles. The van der Waals surface area contributed by atoms with Crippen molar-refractivity contribution in [2.75, 3.05) is 5.32 Å². The van der Waals surface area contributed by atoms with E-state index in [1.54, 1.807) is 16.8 Å². The number of nitrogens with one attached hydrogen (secondary N) is 1. The number of halogens is 1. The first kappa shape index (κ1) is 20.6. The standard InChI is InChI=1S/C23H20BrN5O3/c1-23(2)11-17-19(18(30)12-23)20(13-6-8-15(24)9-7-13)28-22(25-17)26-21(27-28)14-4-3-5-16(10-14)29(31)32/h3-10,20H,11-12H2,1-2H3,(H,25,26,27). The highest BCUT2D eigenvalue weighted by Gasteiger charge is 2.41. The van der Waals surface area contributed by atoms with E-state index in [0.717, 1.165) is 22.2 Å². The summed E-state index contributed by atoms with van der Waals surface area (Å²) in [4.78, 5) is 28.7. The van der Waals surface area contributed by atoms with E-state index in [-0.39, 0.29) is 16.9 Å². The van der Waals surface area contributed by atoms with Gasteiger partial charge in [0.15, 0.2) is 11.6 Å². The zero-order chi connectivity index (χ0) is 22.6. The summed E-state index contributed by atoms with van der Waals surface area (Å²) in [5, 5.41) is 19.2. The predicted octanol–water partition coefficient (Wildman–Crippen LogP) is 5.27. The van der Waals surface area contributed by atoms with Crippen molar-refractivity contribution >= 4 is 33.3 Å². The van der Waals surface area contributed by atoms with Crippen LogP contribution in [0.15, 0.2) is 64.3 Å². The van der Waals surface area contributed by atoms with Gasteiger partial charge in [0.25, 0.3) is 5.69 Å². The third kappa shape index (κ3) is 3.52. The van der Waals surface area contributed by atoms with Crippen molar-refractivity contribution in [2.45, 2.75) is 32.7 Å². The van der Waals surface area contributed by atoms with Crippen LogP contribution in [0, 0.1) is 15.5 Å². The lowest BCUT2D eigenvalue weighted by molar-refractivity contribution is -0.384. The van der Waals surface area contributed by atoms with Crippen molar-refractivity contribution in [1.29, 1.82) is 0 Å². The highest BCUT2D eigenvalue weighted by Crippen LogP contribution is 2.45. The first-order valence-corrected chi connectivity index (χ1v) is 11.0. The lowest BCUT2D eigenvalue weighted by Gasteiger charge is -2.38. The Morgan fingerprint density at radius 3 is 2.66 bits per heavy atom. The van der Waals surface area contributed by atoms with Crippen LogP contribution < -0.4 is 5.32 Å². The van der Waals surface area contributed by atoms with Crippen LogP contribution in [-0.4, -0.2) is 25.5 Å². The lowest BCUT2D eigenvalue weighted by atomic mass is 9.73. The Hall–Kier alpha value is -3.33. The first-order valence-electron chi connectivity index (χ1n) is 10.2. The number of allylic oxidation sites excluding steroid dienone is 2. The molecule has 1 atom stereocenters. The van der Waals surface area contributed by atoms with Crippen molar-refractivity contribution in [2.24, 2.45) is 5.41 Å². The number of nitro benzene ring substituents is 1. The molecule has 1 aliphatic heterocycles. The SMILES string of the molecule is CC1(C)CC(=O)C2=C(C1)Nc1nc(-c3cccc([N+](=O)[O-])c3)nn1C2c1ccc(Br)cc1. The van der Waals surface area contributed by atoms with Gasteiger partial charge >= 0.3 is 0 Å². The summed E-state index contributed by atoms with van der Waals surface area (Å²) in [6.45, 7) is 4.16. The topological polar surface area (TPSA) is 103 Å². The number of aromatic nitrogens is 3. The van der Waals surface area contributed by atoms with Crippen LogP contribution in [0.1, 0.15) is 38.3 Å². The number of ketones is 1. The molecule has 2 aliphatic rings. The number of rotatable bonds is 3. The zero-order valence-electron chi connectivity index (χ0n) is 17.5. The maximum absolute atomic E-state index is 13.3. The minimum Gasteiger partial charge on any atom is -0.328 e. The average molecular weight is 494 g/mol. The summed E-state index contributed by atoms with van der Waals surface area (Å²) in [6.07, 6.45) is 1.18. The molecule has 9 heteroatoms. The molecule has 0 fully saturated rings. The van der Waals surface area contributed by atoms with E-state index in [2.05, 4.69) is 45.2 Å². The average Bonchev–Trinajstić information content (AvgIpc) is 3.16. The number of anilines is 1. The van der Waals surface area contributed by atoms with Gasteiger partial charge in [0, 0.05) is 39.9 Å². The van der Waals surface area contributed by atoms with Crippen LogP contribution in [0.5, 0.6) is 0 Å². The van der Waals surface area contributed by atoms with Crippen LogP contribution in [-0.2, 0) is 4.79 Å². The second-order valence-electron chi connectivity index (χ2n) is 8.92. The molecule has 0 saturated carbocycles. The number of benzene rings is 2. The number of nitrogens with zero attached hydrogens (tertiary/aromatic N) is 4. The summed E-state index contributed by atoms with van der Waals surface area (Å²) < 4.78 is 2.66. The van der Waals surface area contributed by atoms with Crippen molar-refractivity contribution in [1.82, 2.24) is 14.8 Å². The van der Waals surface area contributed by atoms with E-state index in [0.29, 0.717) is 29.3 Å². The van der Waals surface area contributed by atoms with E-state index in [9.17, 15) is 14.9 Å². The van der Waals surface area contributed by atoms with E-state index < -0.39 is 11.0 Å². The number of hydrogen-bond donors (Lipinski definition) is 1. The van der Waals surface area contributed by atoms with Gasteiger partial charge in [-0.1, -0.05) is 54.0 Å². The molecule has 0 spiro atoms. The summed E-state index contributed by atoms with van der Waals surface area (Å²) in [7, 11) is 0. The molecule has 1 N–H and O–H groups in total. The lowest BCUT2D eigenvalue weighted by Crippen LogP contribution is -2.36. The Morgan fingerprint density at radius 2 is 1.94 bits per heavy atom. The number of Topliss-reactive ketones (excluding diaryl/α,β-unsaturated/α-hetero) is 1. The van der Waals surface area contributed by atoms with E-state index in [1.807, 2.05) is 24.3 Å². The Kier molecular flexibility index (Phi) is 4.74. The number of carbonyl (C=O) groups is 1. The minimum absolute atomic E-state index is 0.0259. The molecule has 0 bridgehead atoms. The fraction of sp³-hybridized carbons (Fsp3) is 0.261. The van der Waals surface area contributed by atoms with Gasteiger partial charge in [-0.05, 0) is 29.5 Å². The molecule has 0 saturated heterocycles. The summed E-state index contributed by atoms with van der Waals surface area (Å²) in [5.41, 5.74) is 2.86. The molecule has 1 aromatic heterocycles. The van der Waals surface area contributed by atoms with Gasteiger partial charge in [0.2, 0.25) is 5.95 Å². The maximum Gasteiger partial charge on any atom is 0.270 e. The van der Waals surface area contributed by atoms with Crippen molar-refractivity contribution in [3.05, 3.63) is 80.0 Å². The highest BCUT2D eigenvalue weighted by atomic mass is 79.9. The third-order valence-corrected chi connectivity index (χ3v) is 6.36. The number of fused-ring (bicyclic) bond motifs is 1. The van der Waals surface area contributed by atoms with Crippen LogP contribution in [0.3, 0.4) is 0 Å². The van der Waals surface area contributed by atoms with Crippen LogP contribution in [0.2, 0.25) is 0 Å². The Bertz CT molecular complexity index is 1290. The molecule has 1 aliphatic carbocycles. The van der Waals surface area contributed by atoms with Gasteiger partial charge in [-0.15, -0.1) is 5.10 Å². The molecular weight excluding hydrogens is 474 g/mol. The third-order valence-electron chi connectivity index (χ3n) is 5.83. The molecule has 1 unspecified atom stereocenters. The van der Waals surface area contributed by atoms with Gasteiger partial charge in [0.1, 0.15) is 6.04 Å². The van der Waals surface area contributed by atoms with Crippen molar-refractivity contribution in [3.63, 3.8) is 0 Å². The van der Waals surface area contributed by atoms with Gasteiger partial charge < -0.3 is 5.32 Å². The van der Waals surface area contributed by atoms with E-state index >= 15 is 0 Å². The fourth-order valence-corrected chi connectivity index (χ4v) is 4.71. The van der Waals surface area contributed by atoms with Gasteiger partial charge in [-0.2, -0.15) is 4.98 Å². The number of non-ortho nitro benzene ring substituents is 1. The molecule has 3 aromatic rings. The molecule has 32 heavy (non-hydrogen) atoms. The second kappa shape index (κ2) is 7.37. The van der Waals surface area contributed by atoms with Gasteiger partial charge in [-0.3, -0.25) is 14.9 Å². The fourth-order valence-electron chi connectivity index (χ4n) is 4.44. The Morgan fingerprint density at radius 1 is 1.19 bits per heavy atom. The summed E-state index contributed by atoms with van der Waals surface area (Å²) in [6, 6.07) is 13.6. The molecule has 5 rings (SSSR count). The smallest absolute Gasteiger partial charge is 0.270 e. The molecule has 0 radical (unpaired) electrons. The van der Waals surface area contributed by atoms with Gasteiger partial charge in [0.05, 0.1) is 4.92 Å². The van der Waals surface area contributed by atoms with Crippen molar-refractivity contribution < 1.29 is 9.72 Å². The molecule has 162 valence electrons. The second-order valence-corrected chi connectivity index (χ2v) is 9.84. The molecule has 8 nitrogen and oxygen atoms in total. The maximum atomic E-state index is 13.3. The first-order chi connectivity index (χ1) is 15.2. The highest BCUT2D eigenvalue weighted by molar-refractivity contribution is 9.10. The summed E-state index contributed by atoms with van der Waals surface area (Å²) >= 11 is 3.47. The normalized spacial score (nSPS) is 19.2. The van der Waals surface area contributed by atoms with Crippen LogP contribution in [0.4, 0.5) is 11.6 Å². The number of nitro groups is 1. The largest absolute Gasteiger partial charge is 0.328 e. The molecule has 0 amide bonds. The number of carbonyl (C=O) groups excluding carboxylic acids is 1. The molecule has 2 aromatic carbocycles. The Balaban J connectivity index is 1.66. The Labute approximate surface area is 192 Å². The number of hydrogen-bond acceptors (Lipinski definition) is 6. The molecular formula is C23H20BrN5O3. The quantitative estimate of drug-likeness (QED) is 0.393. The van der Waals surface area contributed by atoms with E-state index in [4.69, 9.17) is 0 Å². The van der Waals surface area contributed by atoms with Crippen LogP contribution in [0.25, 0.3) is 11.4 Å². The summed E-state index contributed by atoms with van der Waals surface area (Å²) in [5.74, 6) is 0.975. The zero-order valence-corrected chi connectivity index (χ0v) is 19.1. The van der Waals surface area contributed by atoms with Crippen LogP contribution >= 0.6 is 15.9 Å². The minimum atomic E-state index is -0.441. The van der Waals surface area contributed by atoms with Crippen molar-refractivity contribution in [3.8, 4) is 11.4 Å².